The summed E-state index contributed by atoms with van der Waals surface area (Å²) in [5.74, 6) is -1.76. The number of fused-ring (bicyclic) bond motifs is 4. The lowest BCUT2D eigenvalue weighted by Gasteiger charge is -2.25. The third-order valence-corrected chi connectivity index (χ3v) is 7.77. The van der Waals surface area contributed by atoms with Crippen molar-refractivity contribution in [1.29, 1.82) is 0 Å². The molecule has 2 bridgehead atoms. The van der Waals surface area contributed by atoms with E-state index in [0.717, 1.165) is 5.56 Å². The van der Waals surface area contributed by atoms with Gasteiger partial charge in [0.05, 0.1) is 23.1 Å². The Bertz CT molecular complexity index is 1390. The van der Waals surface area contributed by atoms with Crippen LogP contribution in [0.15, 0.2) is 54.7 Å². The summed E-state index contributed by atoms with van der Waals surface area (Å²) in [6.07, 6.45) is 2.09. The van der Waals surface area contributed by atoms with E-state index in [1.54, 1.807) is 21.8 Å². The molecule has 2 atom stereocenters. The number of hydrogen-bond donors (Lipinski definition) is 1. The lowest BCUT2D eigenvalue weighted by Crippen LogP contribution is -2.42. The van der Waals surface area contributed by atoms with Gasteiger partial charge in [0.25, 0.3) is 11.8 Å². The average molecular weight is 568 g/mol. The predicted molar refractivity (Wildman–Crippen MR) is 147 cm³/mol. The fraction of sp³-hybridized carbons (Fsp3) is 0.379. The normalized spacial score (nSPS) is 19.8. The van der Waals surface area contributed by atoms with Gasteiger partial charge in [0.2, 0.25) is 5.91 Å². The molecule has 5 rings (SSSR count). The van der Waals surface area contributed by atoms with Gasteiger partial charge >= 0.3 is 0 Å². The molecule has 3 amide bonds. The minimum atomic E-state index is -0.697. The fourth-order valence-electron chi connectivity index (χ4n) is 5.40. The number of ether oxygens (including phenoxy) is 1. The van der Waals surface area contributed by atoms with Crippen LogP contribution in [-0.2, 0) is 11.3 Å². The second kappa shape index (κ2) is 12.1. The van der Waals surface area contributed by atoms with Gasteiger partial charge < -0.3 is 19.9 Å². The van der Waals surface area contributed by atoms with Crippen LogP contribution in [0, 0.1) is 11.7 Å². The number of nitrogens with one attached hydrogen (secondary N) is 1. The molecule has 0 radical (unpaired) electrons. The number of nitrogens with zero attached hydrogens (tertiary/aromatic N) is 4. The SMILES string of the molecule is CCn1nccc1C(=O)N1C[C@@H]2C(=O)NCCN(C(=O)c3c(F)cccc3Cl)CCCOc3cccc(c3)[C@H]2C1. The smallest absolute Gasteiger partial charge is 0.272 e. The third kappa shape index (κ3) is 5.67. The van der Waals surface area contributed by atoms with E-state index in [2.05, 4.69) is 10.4 Å². The largest absolute Gasteiger partial charge is 0.494 e. The molecule has 2 aliphatic heterocycles. The average Bonchev–Trinajstić information content (AvgIpc) is 3.61. The molecule has 1 saturated heterocycles. The number of carbonyl (C=O) groups is 3. The standard InChI is InChI=1S/C29H31ClFN5O4/c1-2-36-25(10-11-33-36)28(38)35-17-21-19-6-3-7-20(16-19)40-15-5-13-34(14-12-32-27(37)22(21)18-35)29(39)26-23(30)8-4-9-24(26)31/h3-4,6-11,16,21-22H,2,5,12-15,17-18H2,1H3,(H,32,37)/t21-,22+/m1/s1. The Hall–Kier alpha value is -3.92. The Labute approximate surface area is 236 Å². The topological polar surface area (TPSA) is 96.8 Å². The van der Waals surface area contributed by atoms with E-state index >= 15 is 0 Å². The van der Waals surface area contributed by atoms with Crippen LogP contribution in [0.25, 0.3) is 0 Å². The number of hydrogen-bond acceptors (Lipinski definition) is 5. The quantitative estimate of drug-likeness (QED) is 0.522. The van der Waals surface area contributed by atoms with Gasteiger partial charge in [-0.1, -0.05) is 29.8 Å². The number of halogens is 2. The van der Waals surface area contributed by atoms with Crippen molar-refractivity contribution in [3.8, 4) is 5.75 Å². The summed E-state index contributed by atoms with van der Waals surface area (Å²) in [6.45, 7) is 4.03. The van der Waals surface area contributed by atoms with E-state index in [4.69, 9.17) is 16.3 Å². The summed E-state index contributed by atoms with van der Waals surface area (Å²) >= 11 is 6.16. The van der Waals surface area contributed by atoms with Gasteiger partial charge in [0.1, 0.15) is 17.3 Å². The maximum atomic E-state index is 14.5. The van der Waals surface area contributed by atoms with Gasteiger partial charge in [-0.2, -0.15) is 5.10 Å². The summed E-state index contributed by atoms with van der Waals surface area (Å²) < 4.78 is 22.1. The zero-order valence-corrected chi connectivity index (χ0v) is 22.9. The number of carbonyl (C=O) groups excluding carboxylic acids is 3. The van der Waals surface area contributed by atoms with Gasteiger partial charge in [-0.15, -0.1) is 0 Å². The molecule has 0 aliphatic carbocycles. The first-order valence-corrected chi connectivity index (χ1v) is 13.8. The van der Waals surface area contributed by atoms with E-state index in [0.29, 0.717) is 44.1 Å². The molecule has 9 nitrogen and oxygen atoms in total. The zero-order chi connectivity index (χ0) is 28.2. The van der Waals surface area contributed by atoms with Gasteiger partial charge in [0, 0.05) is 51.4 Å². The molecular weight excluding hydrogens is 537 g/mol. The molecule has 1 aromatic heterocycles. The van der Waals surface area contributed by atoms with Crippen molar-refractivity contribution in [3.05, 3.63) is 82.4 Å². The number of aryl methyl sites for hydroxylation is 1. The van der Waals surface area contributed by atoms with Crippen LogP contribution >= 0.6 is 11.6 Å². The van der Waals surface area contributed by atoms with Gasteiger partial charge in [-0.3, -0.25) is 19.1 Å². The second-order valence-electron chi connectivity index (χ2n) is 9.91. The van der Waals surface area contributed by atoms with Crippen LogP contribution in [0.5, 0.6) is 5.75 Å². The first-order chi connectivity index (χ1) is 19.4. The van der Waals surface area contributed by atoms with Crippen molar-refractivity contribution in [2.75, 3.05) is 39.3 Å². The van der Waals surface area contributed by atoms with Crippen molar-refractivity contribution >= 4 is 29.3 Å². The number of amides is 3. The number of likely N-dealkylation sites (tertiary alicyclic amines) is 1. The molecule has 210 valence electrons. The van der Waals surface area contributed by atoms with Gasteiger partial charge in [-0.05, 0) is 49.2 Å². The summed E-state index contributed by atoms with van der Waals surface area (Å²) in [7, 11) is 0. The fourth-order valence-corrected chi connectivity index (χ4v) is 5.65. The number of rotatable bonds is 3. The monoisotopic (exact) mass is 567 g/mol. The minimum Gasteiger partial charge on any atom is -0.494 e. The maximum absolute atomic E-state index is 14.5. The second-order valence-corrected chi connectivity index (χ2v) is 10.3. The summed E-state index contributed by atoms with van der Waals surface area (Å²) in [5.41, 5.74) is 1.20. The zero-order valence-electron chi connectivity index (χ0n) is 22.2. The molecule has 1 fully saturated rings. The molecule has 0 saturated carbocycles. The Morgan fingerprint density at radius 2 is 1.88 bits per heavy atom. The minimum absolute atomic E-state index is 0.0319. The first-order valence-electron chi connectivity index (χ1n) is 13.4. The summed E-state index contributed by atoms with van der Waals surface area (Å²) in [4.78, 5) is 43.4. The van der Waals surface area contributed by atoms with E-state index in [-0.39, 0.29) is 48.0 Å². The van der Waals surface area contributed by atoms with Crippen molar-refractivity contribution in [3.63, 3.8) is 0 Å². The molecule has 0 spiro atoms. The van der Waals surface area contributed by atoms with Crippen LogP contribution in [-0.4, -0.2) is 76.6 Å². The van der Waals surface area contributed by atoms with Crippen LogP contribution in [0.4, 0.5) is 4.39 Å². The van der Waals surface area contributed by atoms with E-state index in [9.17, 15) is 18.8 Å². The molecule has 2 aromatic carbocycles. The highest BCUT2D eigenvalue weighted by atomic mass is 35.5. The lowest BCUT2D eigenvalue weighted by atomic mass is 9.88. The number of aromatic nitrogens is 2. The first kappa shape index (κ1) is 27.6. The maximum Gasteiger partial charge on any atom is 0.272 e. The highest BCUT2D eigenvalue weighted by molar-refractivity contribution is 6.33. The Balaban J connectivity index is 1.39. The molecule has 3 heterocycles. The highest BCUT2D eigenvalue weighted by Gasteiger charge is 2.41. The Morgan fingerprint density at radius 1 is 1.07 bits per heavy atom. The van der Waals surface area contributed by atoms with Crippen LogP contribution < -0.4 is 10.1 Å². The molecule has 2 aliphatic rings. The molecule has 3 aromatic rings. The van der Waals surface area contributed by atoms with Crippen LogP contribution in [0.1, 0.15) is 45.7 Å². The molecular formula is C29H31ClFN5O4. The van der Waals surface area contributed by atoms with Gasteiger partial charge in [0.15, 0.2) is 0 Å². The van der Waals surface area contributed by atoms with Crippen LogP contribution in [0.3, 0.4) is 0 Å². The lowest BCUT2D eigenvalue weighted by molar-refractivity contribution is -0.125. The number of benzene rings is 2. The molecule has 40 heavy (non-hydrogen) atoms. The van der Waals surface area contributed by atoms with Crippen molar-refractivity contribution in [1.82, 2.24) is 24.9 Å². The van der Waals surface area contributed by atoms with E-state index < -0.39 is 17.6 Å². The van der Waals surface area contributed by atoms with Crippen molar-refractivity contribution in [2.24, 2.45) is 5.92 Å². The predicted octanol–water partition coefficient (Wildman–Crippen LogP) is 3.59. The molecule has 0 unspecified atom stereocenters. The van der Waals surface area contributed by atoms with E-state index in [1.165, 1.54) is 23.1 Å². The summed E-state index contributed by atoms with van der Waals surface area (Å²) in [6, 6.07) is 13.4. The van der Waals surface area contributed by atoms with Crippen molar-refractivity contribution in [2.45, 2.75) is 25.8 Å². The third-order valence-electron chi connectivity index (χ3n) is 7.45. The summed E-state index contributed by atoms with van der Waals surface area (Å²) in [5, 5.41) is 7.19. The highest BCUT2D eigenvalue weighted by Crippen LogP contribution is 2.35. The molecule has 11 heteroatoms. The van der Waals surface area contributed by atoms with Crippen LogP contribution in [0.2, 0.25) is 5.02 Å². The van der Waals surface area contributed by atoms with Crippen molar-refractivity contribution < 1.29 is 23.5 Å². The Kier molecular flexibility index (Phi) is 8.35. The Morgan fingerprint density at radius 3 is 2.67 bits per heavy atom. The van der Waals surface area contributed by atoms with E-state index in [1.807, 2.05) is 31.2 Å². The molecule has 1 N–H and O–H groups in total. The van der Waals surface area contributed by atoms with Gasteiger partial charge in [-0.25, -0.2) is 4.39 Å².